The lowest BCUT2D eigenvalue weighted by Gasteiger charge is -2.39. The Labute approximate surface area is 112 Å². The van der Waals surface area contributed by atoms with Gasteiger partial charge in [0.1, 0.15) is 5.69 Å². The van der Waals surface area contributed by atoms with Crippen LogP contribution >= 0.6 is 0 Å². The van der Waals surface area contributed by atoms with E-state index in [1.165, 1.54) is 0 Å². The number of nitrogens with zero attached hydrogens (tertiary/aromatic N) is 4. The number of amides is 2. The third kappa shape index (κ3) is 2.18. The molecule has 0 unspecified atom stereocenters. The minimum Gasteiger partial charge on any atom is -0.332 e. The highest BCUT2D eigenvalue weighted by Crippen LogP contribution is 2.42. The van der Waals surface area contributed by atoms with E-state index < -0.39 is 0 Å². The molecule has 2 fully saturated rings. The minimum absolute atomic E-state index is 0.0507. The van der Waals surface area contributed by atoms with Gasteiger partial charge in [0.2, 0.25) is 0 Å². The maximum absolute atomic E-state index is 12.1. The van der Waals surface area contributed by atoms with Crippen LogP contribution in [0.15, 0.2) is 6.20 Å². The molecular weight excluding hydrogens is 244 g/mol. The first-order chi connectivity index (χ1) is 9.10. The minimum atomic E-state index is -0.122. The van der Waals surface area contributed by atoms with Crippen LogP contribution < -0.4 is 11.1 Å². The molecular formula is C12H20N6O. The Balaban J connectivity index is 1.52. The van der Waals surface area contributed by atoms with Crippen molar-refractivity contribution in [3.8, 4) is 0 Å². The summed E-state index contributed by atoms with van der Waals surface area (Å²) >= 11 is 0. The van der Waals surface area contributed by atoms with Gasteiger partial charge in [-0.2, -0.15) is 0 Å². The number of nitrogens with two attached hydrogens (primary N) is 1. The lowest BCUT2D eigenvalue weighted by atomic mass is 9.70. The average Bonchev–Trinajstić information content (AvgIpc) is 2.94. The molecule has 2 amide bonds. The molecule has 7 nitrogen and oxygen atoms in total. The predicted molar refractivity (Wildman–Crippen MR) is 69.1 cm³/mol. The van der Waals surface area contributed by atoms with Gasteiger partial charge in [-0.25, -0.2) is 4.79 Å². The van der Waals surface area contributed by atoms with Crippen molar-refractivity contribution in [2.45, 2.75) is 38.4 Å². The third-order valence-electron chi connectivity index (χ3n) is 4.32. The molecule has 3 rings (SSSR count). The van der Waals surface area contributed by atoms with E-state index in [-0.39, 0.29) is 11.6 Å². The molecule has 7 heteroatoms. The summed E-state index contributed by atoms with van der Waals surface area (Å²) in [5.41, 5.74) is 6.87. The topological polar surface area (TPSA) is 89.1 Å². The van der Waals surface area contributed by atoms with Crippen LogP contribution in [-0.4, -0.2) is 44.6 Å². The zero-order valence-electron chi connectivity index (χ0n) is 11.2. The molecule has 2 aliphatic rings. The van der Waals surface area contributed by atoms with E-state index in [1.807, 2.05) is 18.0 Å². The van der Waals surface area contributed by atoms with Gasteiger partial charge in [-0.05, 0) is 25.7 Å². The van der Waals surface area contributed by atoms with E-state index in [4.69, 9.17) is 5.73 Å². The highest BCUT2D eigenvalue weighted by molar-refractivity contribution is 5.74. The van der Waals surface area contributed by atoms with Gasteiger partial charge in [0.25, 0.3) is 0 Å². The Bertz CT molecular complexity index is 486. The first-order valence-electron chi connectivity index (χ1n) is 6.81. The first kappa shape index (κ1) is 12.4. The summed E-state index contributed by atoms with van der Waals surface area (Å²) in [5.74, 6) is 0.485. The van der Waals surface area contributed by atoms with Gasteiger partial charge in [0, 0.05) is 25.2 Å². The highest BCUT2D eigenvalue weighted by Gasteiger charge is 2.51. The van der Waals surface area contributed by atoms with Crippen LogP contribution in [0, 0.1) is 5.92 Å². The summed E-state index contributed by atoms with van der Waals surface area (Å²) in [6, 6.07) is -0.0507. The molecule has 1 saturated heterocycles. The van der Waals surface area contributed by atoms with Gasteiger partial charge in [0.05, 0.1) is 12.7 Å². The van der Waals surface area contributed by atoms with Gasteiger partial charge in [0.15, 0.2) is 0 Å². The van der Waals surface area contributed by atoms with Crippen molar-refractivity contribution in [2.75, 3.05) is 13.1 Å². The van der Waals surface area contributed by atoms with Crippen LogP contribution in [-0.2, 0) is 13.1 Å². The number of urea groups is 1. The zero-order valence-corrected chi connectivity index (χ0v) is 11.2. The maximum atomic E-state index is 12.1. The monoisotopic (exact) mass is 264 g/mol. The van der Waals surface area contributed by atoms with Crippen LogP contribution in [0.2, 0.25) is 0 Å². The van der Waals surface area contributed by atoms with E-state index in [1.54, 1.807) is 4.68 Å². The molecule has 1 aliphatic carbocycles. The summed E-state index contributed by atoms with van der Waals surface area (Å²) in [7, 11) is 0. The number of nitrogens with one attached hydrogen (secondary N) is 1. The molecule has 0 radical (unpaired) electrons. The fraction of sp³-hybridized carbons (Fsp3) is 0.750. The van der Waals surface area contributed by atoms with Gasteiger partial charge >= 0.3 is 6.03 Å². The number of aryl methyl sites for hydroxylation is 1. The first-order valence-corrected chi connectivity index (χ1v) is 6.81. The van der Waals surface area contributed by atoms with Crippen molar-refractivity contribution < 1.29 is 4.79 Å². The Morgan fingerprint density at radius 3 is 3.05 bits per heavy atom. The fourth-order valence-electron chi connectivity index (χ4n) is 2.89. The maximum Gasteiger partial charge on any atom is 0.317 e. The average molecular weight is 264 g/mol. The van der Waals surface area contributed by atoms with Crippen LogP contribution in [0.4, 0.5) is 4.79 Å². The molecule has 0 bridgehead atoms. The summed E-state index contributed by atoms with van der Waals surface area (Å²) in [6.45, 7) is 4.65. The second-order valence-electron chi connectivity index (χ2n) is 5.57. The van der Waals surface area contributed by atoms with E-state index in [9.17, 15) is 4.79 Å². The summed E-state index contributed by atoms with van der Waals surface area (Å²) < 4.78 is 1.74. The largest absolute Gasteiger partial charge is 0.332 e. The van der Waals surface area contributed by atoms with Crippen LogP contribution in [0.3, 0.4) is 0 Å². The van der Waals surface area contributed by atoms with Crippen molar-refractivity contribution >= 4 is 6.03 Å². The standard InChI is InChI=1S/C12H20N6O/c1-2-18-7-10(15-16-18)5-14-11(19)17-6-9-3-4-12(9,13)8-17/h7,9H,2-6,8,13H2,1H3,(H,14,19)/t9-,12-/m0/s1. The summed E-state index contributed by atoms with van der Waals surface area (Å²) in [6.07, 6.45) is 4.02. The molecule has 0 spiro atoms. The van der Waals surface area contributed by atoms with Gasteiger partial charge < -0.3 is 16.0 Å². The van der Waals surface area contributed by atoms with Crippen LogP contribution in [0.25, 0.3) is 0 Å². The molecule has 19 heavy (non-hydrogen) atoms. The smallest absolute Gasteiger partial charge is 0.317 e. The Hall–Kier alpha value is -1.63. The van der Waals surface area contributed by atoms with Crippen molar-refractivity contribution in [2.24, 2.45) is 11.7 Å². The number of fused-ring (bicyclic) bond motifs is 1. The lowest BCUT2D eigenvalue weighted by Crippen LogP contribution is -2.55. The molecule has 3 N–H and O–H groups in total. The molecule has 2 atom stereocenters. The van der Waals surface area contributed by atoms with Crippen molar-refractivity contribution in [1.29, 1.82) is 0 Å². The highest BCUT2D eigenvalue weighted by atomic mass is 16.2. The number of rotatable bonds is 3. The molecule has 2 heterocycles. The van der Waals surface area contributed by atoms with Crippen molar-refractivity contribution in [1.82, 2.24) is 25.2 Å². The Morgan fingerprint density at radius 1 is 1.68 bits per heavy atom. The zero-order chi connectivity index (χ0) is 13.5. The van der Waals surface area contributed by atoms with Crippen LogP contribution in [0.5, 0.6) is 0 Å². The molecule has 104 valence electrons. The molecule has 0 aromatic carbocycles. The molecule has 1 saturated carbocycles. The quantitative estimate of drug-likeness (QED) is 0.800. The number of hydrogen-bond donors (Lipinski definition) is 2. The Morgan fingerprint density at radius 2 is 2.53 bits per heavy atom. The second-order valence-corrected chi connectivity index (χ2v) is 5.57. The third-order valence-corrected chi connectivity index (χ3v) is 4.32. The number of carbonyl (C=O) groups excluding carboxylic acids is 1. The van der Waals surface area contributed by atoms with Gasteiger partial charge in [-0.1, -0.05) is 5.21 Å². The number of hydrogen-bond acceptors (Lipinski definition) is 4. The lowest BCUT2D eigenvalue weighted by molar-refractivity contribution is 0.187. The van der Waals surface area contributed by atoms with Crippen molar-refractivity contribution in [3.63, 3.8) is 0 Å². The van der Waals surface area contributed by atoms with E-state index in [0.717, 1.165) is 31.6 Å². The summed E-state index contributed by atoms with van der Waals surface area (Å²) in [4.78, 5) is 13.9. The van der Waals surface area contributed by atoms with Crippen LogP contribution in [0.1, 0.15) is 25.5 Å². The molecule has 1 aliphatic heterocycles. The van der Waals surface area contributed by atoms with Gasteiger partial charge in [-0.3, -0.25) is 4.68 Å². The van der Waals surface area contributed by atoms with E-state index >= 15 is 0 Å². The second kappa shape index (κ2) is 4.48. The predicted octanol–water partition coefficient (Wildman–Crippen LogP) is -0.0693. The number of likely N-dealkylation sites (tertiary alicyclic amines) is 1. The molecule has 1 aromatic heterocycles. The fourth-order valence-corrected chi connectivity index (χ4v) is 2.89. The SMILES string of the molecule is CCn1cc(CNC(=O)N2C[C@@H]3CC[C@]3(N)C2)nn1. The van der Waals surface area contributed by atoms with E-state index in [0.29, 0.717) is 19.0 Å². The molecule has 1 aromatic rings. The summed E-state index contributed by atoms with van der Waals surface area (Å²) in [5, 5.41) is 10.8. The van der Waals surface area contributed by atoms with Gasteiger partial charge in [-0.15, -0.1) is 5.10 Å². The van der Waals surface area contributed by atoms with E-state index in [2.05, 4.69) is 15.6 Å². The Kier molecular flexibility index (Phi) is 2.93. The number of carbonyl (C=O) groups is 1. The normalized spacial score (nSPS) is 28.9. The number of aromatic nitrogens is 3. The van der Waals surface area contributed by atoms with Crippen molar-refractivity contribution in [3.05, 3.63) is 11.9 Å².